The van der Waals surface area contributed by atoms with Crippen molar-refractivity contribution in [3.05, 3.63) is 60.7 Å². The van der Waals surface area contributed by atoms with Crippen LogP contribution in [-0.2, 0) is 14.4 Å². The lowest BCUT2D eigenvalue weighted by Gasteiger charge is -2.16. The fraction of sp³-hybridized carbons (Fsp3) is 0.227. The fourth-order valence-electron chi connectivity index (χ4n) is 3.28. The van der Waals surface area contributed by atoms with E-state index in [1.807, 2.05) is 60.7 Å². The van der Waals surface area contributed by atoms with E-state index in [4.69, 9.17) is 0 Å². The number of nitrogens with zero attached hydrogens (tertiary/aromatic N) is 4. The molecule has 32 heavy (non-hydrogen) atoms. The summed E-state index contributed by atoms with van der Waals surface area (Å²) in [6.07, 6.45) is 0.154. The van der Waals surface area contributed by atoms with E-state index in [9.17, 15) is 14.4 Å². The molecule has 2 heterocycles. The lowest BCUT2D eigenvalue weighted by Crippen LogP contribution is -2.28. The molecule has 0 spiro atoms. The van der Waals surface area contributed by atoms with Gasteiger partial charge < -0.3 is 15.1 Å². The van der Waals surface area contributed by atoms with Gasteiger partial charge in [0.1, 0.15) is 0 Å². The van der Waals surface area contributed by atoms with Crippen molar-refractivity contribution in [2.24, 2.45) is 5.92 Å². The highest BCUT2D eigenvalue weighted by molar-refractivity contribution is 8.01. The summed E-state index contributed by atoms with van der Waals surface area (Å²) in [5.74, 6) is -0.650. The van der Waals surface area contributed by atoms with E-state index in [0.717, 1.165) is 11.4 Å². The number of hydrogen-bond donors (Lipinski definition) is 1. The molecule has 4 rings (SSSR count). The molecule has 10 heteroatoms. The predicted octanol–water partition coefficient (Wildman–Crippen LogP) is 3.28. The van der Waals surface area contributed by atoms with Gasteiger partial charge in [-0.3, -0.25) is 14.4 Å². The minimum atomic E-state index is -0.455. The Hall–Kier alpha value is -3.24. The maximum Gasteiger partial charge on any atom is 0.237 e. The Kier molecular flexibility index (Phi) is 6.81. The number of amides is 3. The maximum atomic E-state index is 12.6. The minimum Gasteiger partial charge on any atom is -0.315 e. The van der Waals surface area contributed by atoms with Gasteiger partial charge in [-0.05, 0) is 24.3 Å². The maximum absolute atomic E-state index is 12.6. The molecule has 0 bridgehead atoms. The highest BCUT2D eigenvalue weighted by Crippen LogP contribution is 2.29. The van der Waals surface area contributed by atoms with Gasteiger partial charge in [0, 0.05) is 31.4 Å². The molecule has 0 radical (unpaired) electrons. The molecule has 1 saturated heterocycles. The van der Waals surface area contributed by atoms with Crippen molar-refractivity contribution < 1.29 is 14.4 Å². The molecule has 0 unspecified atom stereocenters. The first-order valence-electron chi connectivity index (χ1n) is 9.95. The van der Waals surface area contributed by atoms with E-state index >= 15 is 0 Å². The van der Waals surface area contributed by atoms with Crippen LogP contribution in [0.25, 0.3) is 0 Å². The molecule has 3 amide bonds. The SMILES string of the molecule is CN(C(=O)CSc1nnc(NC(=O)[C@H]2CC(=O)N(c3ccccc3)C2)s1)c1ccccc1. The topological polar surface area (TPSA) is 95.5 Å². The molecule has 164 valence electrons. The lowest BCUT2D eigenvalue weighted by molar-refractivity contribution is -0.122. The molecular weight excluding hydrogens is 446 g/mol. The smallest absolute Gasteiger partial charge is 0.237 e. The van der Waals surface area contributed by atoms with Gasteiger partial charge in [-0.2, -0.15) is 0 Å². The number of aromatic nitrogens is 2. The van der Waals surface area contributed by atoms with Crippen molar-refractivity contribution in [3.8, 4) is 0 Å². The molecule has 1 aromatic heterocycles. The normalized spacial score (nSPS) is 15.6. The van der Waals surface area contributed by atoms with Gasteiger partial charge in [0.25, 0.3) is 0 Å². The van der Waals surface area contributed by atoms with Gasteiger partial charge >= 0.3 is 0 Å². The second-order valence-electron chi connectivity index (χ2n) is 7.18. The summed E-state index contributed by atoms with van der Waals surface area (Å²) in [6, 6.07) is 18.7. The highest BCUT2D eigenvalue weighted by Gasteiger charge is 2.35. The molecule has 1 aliphatic rings. The molecule has 3 aromatic rings. The van der Waals surface area contributed by atoms with Crippen molar-refractivity contribution in [1.29, 1.82) is 0 Å². The summed E-state index contributed by atoms with van der Waals surface area (Å²) in [4.78, 5) is 40.6. The molecule has 8 nitrogen and oxygen atoms in total. The molecule has 0 aliphatic carbocycles. The monoisotopic (exact) mass is 467 g/mol. The molecule has 0 saturated carbocycles. The summed E-state index contributed by atoms with van der Waals surface area (Å²) in [7, 11) is 1.73. The molecule has 1 N–H and O–H groups in total. The number of anilines is 3. The van der Waals surface area contributed by atoms with E-state index in [-0.39, 0.29) is 29.9 Å². The zero-order valence-electron chi connectivity index (χ0n) is 17.3. The third-order valence-electron chi connectivity index (χ3n) is 5.04. The first-order valence-corrected chi connectivity index (χ1v) is 11.8. The van der Waals surface area contributed by atoms with Crippen LogP contribution in [0.5, 0.6) is 0 Å². The van der Waals surface area contributed by atoms with Crippen LogP contribution >= 0.6 is 23.1 Å². The van der Waals surface area contributed by atoms with Gasteiger partial charge in [-0.1, -0.05) is 59.5 Å². The number of para-hydroxylation sites is 2. The number of benzene rings is 2. The second-order valence-corrected chi connectivity index (χ2v) is 9.38. The third-order valence-corrected chi connectivity index (χ3v) is 6.99. The largest absolute Gasteiger partial charge is 0.315 e. The van der Waals surface area contributed by atoms with Crippen LogP contribution in [0.15, 0.2) is 65.0 Å². The van der Waals surface area contributed by atoms with E-state index in [2.05, 4.69) is 15.5 Å². The number of hydrogen-bond acceptors (Lipinski definition) is 7. The van der Waals surface area contributed by atoms with E-state index in [0.29, 0.717) is 16.0 Å². The average Bonchev–Trinajstić information content (AvgIpc) is 3.44. The summed E-state index contributed by atoms with van der Waals surface area (Å²) in [5.41, 5.74) is 1.60. The van der Waals surface area contributed by atoms with E-state index < -0.39 is 5.92 Å². The quantitative estimate of drug-likeness (QED) is 0.423. The Bertz CT molecular complexity index is 1110. The van der Waals surface area contributed by atoms with Crippen LogP contribution in [0.1, 0.15) is 6.42 Å². The van der Waals surface area contributed by atoms with Gasteiger partial charge in [0.2, 0.25) is 22.9 Å². The average molecular weight is 468 g/mol. The van der Waals surface area contributed by atoms with Crippen molar-refractivity contribution in [3.63, 3.8) is 0 Å². The summed E-state index contributed by atoms with van der Waals surface area (Å²) >= 11 is 2.48. The molecule has 1 atom stereocenters. The highest BCUT2D eigenvalue weighted by atomic mass is 32.2. The molecule has 1 aliphatic heterocycles. The van der Waals surface area contributed by atoms with Crippen molar-refractivity contribution in [2.45, 2.75) is 10.8 Å². The van der Waals surface area contributed by atoms with Gasteiger partial charge in [-0.25, -0.2) is 0 Å². The van der Waals surface area contributed by atoms with E-state index in [1.54, 1.807) is 16.8 Å². The third kappa shape index (κ3) is 5.14. The Labute approximate surface area is 193 Å². The second kappa shape index (κ2) is 9.92. The van der Waals surface area contributed by atoms with Crippen molar-refractivity contribution in [1.82, 2.24) is 10.2 Å². The minimum absolute atomic E-state index is 0.0625. The standard InChI is InChI=1S/C22H21N5O3S2/c1-26(16-8-4-2-5-9-16)19(29)14-31-22-25-24-21(32-22)23-20(30)15-12-18(28)27(13-15)17-10-6-3-7-11-17/h2-11,15H,12-14H2,1H3,(H,23,24,30)/t15-/m0/s1. The van der Waals surface area contributed by atoms with Crippen LogP contribution in [0.3, 0.4) is 0 Å². The number of carbonyl (C=O) groups is 3. The Morgan fingerprint density at radius 3 is 2.53 bits per heavy atom. The number of rotatable bonds is 7. The molecular formula is C22H21N5O3S2. The van der Waals surface area contributed by atoms with Crippen LogP contribution < -0.4 is 15.1 Å². The summed E-state index contributed by atoms with van der Waals surface area (Å²) < 4.78 is 0.587. The summed E-state index contributed by atoms with van der Waals surface area (Å²) in [6.45, 7) is 0.329. The summed E-state index contributed by atoms with van der Waals surface area (Å²) in [5, 5.41) is 11.1. The zero-order valence-corrected chi connectivity index (χ0v) is 18.9. The lowest BCUT2D eigenvalue weighted by atomic mass is 10.1. The van der Waals surface area contributed by atoms with E-state index in [1.165, 1.54) is 23.1 Å². The molecule has 2 aromatic carbocycles. The van der Waals surface area contributed by atoms with Crippen LogP contribution in [0.4, 0.5) is 16.5 Å². The Morgan fingerprint density at radius 1 is 1.12 bits per heavy atom. The Morgan fingerprint density at radius 2 is 1.81 bits per heavy atom. The van der Waals surface area contributed by atoms with Crippen LogP contribution in [0, 0.1) is 5.92 Å². The van der Waals surface area contributed by atoms with Gasteiger partial charge in [0.05, 0.1) is 11.7 Å². The first kappa shape index (κ1) is 22.0. The molecule has 1 fully saturated rings. The number of carbonyl (C=O) groups excluding carboxylic acids is 3. The number of nitrogens with one attached hydrogen (secondary N) is 1. The van der Waals surface area contributed by atoms with Crippen molar-refractivity contribution >= 4 is 57.3 Å². The van der Waals surface area contributed by atoms with Crippen LogP contribution in [0.2, 0.25) is 0 Å². The zero-order chi connectivity index (χ0) is 22.5. The fourth-order valence-corrected chi connectivity index (χ4v) is 4.95. The van der Waals surface area contributed by atoms with Gasteiger partial charge in [0.15, 0.2) is 4.34 Å². The Balaban J connectivity index is 1.29. The van der Waals surface area contributed by atoms with Gasteiger partial charge in [-0.15, -0.1) is 10.2 Å². The van der Waals surface area contributed by atoms with Crippen LogP contribution in [-0.4, -0.2) is 47.3 Å². The first-order chi connectivity index (χ1) is 15.5. The van der Waals surface area contributed by atoms with Crippen molar-refractivity contribution in [2.75, 3.05) is 34.5 Å². The predicted molar refractivity (Wildman–Crippen MR) is 126 cm³/mol. The number of thioether (sulfide) groups is 1.